The Bertz CT molecular complexity index is 692. The largest absolute Gasteiger partial charge is 0.223 e. The number of hydrogen-bond acceptors (Lipinski definition) is 1. The van der Waals surface area contributed by atoms with Gasteiger partial charge in [-0.25, -0.2) is 0 Å². The molecule has 0 spiro atoms. The molecule has 0 heterocycles. The number of benzene rings is 3. The van der Waals surface area contributed by atoms with Crippen LogP contribution in [0.2, 0.25) is 0 Å². The van der Waals surface area contributed by atoms with E-state index in [1.165, 1.54) is 0 Å². The van der Waals surface area contributed by atoms with Gasteiger partial charge in [0.2, 0.25) is 7.41 Å². The van der Waals surface area contributed by atoms with Gasteiger partial charge in [0.25, 0.3) is 0 Å². The first-order valence-electron chi connectivity index (χ1n) is 7.00. The van der Waals surface area contributed by atoms with Crippen LogP contribution in [-0.2, 0) is 22.4 Å². The third-order valence-corrected chi connectivity index (χ3v) is 7.05. The monoisotopic (exact) mass is 501 g/mol. The molecule has 0 unspecified atom stereocenters. The van der Waals surface area contributed by atoms with E-state index in [0.29, 0.717) is 0 Å². The van der Waals surface area contributed by atoms with E-state index in [9.17, 15) is 5.53 Å². The number of azide groups is 1. The second-order valence-electron chi connectivity index (χ2n) is 4.82. The van der Waals surface area contributed by atoms with Crippen molar-refractivity contribution in [3.63, 3.8) is 0 Å². The zero-order chi connectivity index (χ0) is 15.3. The van der Waals surface area contributed by atoms with E-state index in [0.717, 1.165) is 15.9 Å². The van der Waals surface area contributed by atoms with E-state index in [1.54, 1.807) is 0 Å². The molecule has 0 bridgehead atoms. The molecule has 0 saturated carbocycles. The van der Waals surface area contributed by atoms with Crippen LogP contribution < -0.4 is 15.9 Å². The molecule has 0 saturated heterocycles. The summed E-state index contributed by atoms with van der Waals surface area (Å²) in [5.74, 6) is 0. The van der Waals surface area contributed by atoms with Crippen molar-refractivity contribution >= 4 is 23.3 Å². The fourth-order valence-electron chi connectivity index (χ4n) is 2.59. The SMILES string of the molecule is [Au].[N-]=[N+]=N[P+](c1ccccc1)(c1ccccc1)c1ccccc1. The van der Waals surface area contributed by atoms with Crippen LogP contribution in [0.15, 0.2) is 95.9 Å². The van der Waals surface area contributed by atoms with Gasteiger partial charge in [0.1, 0.15) is 15.9 Å². The Morgan fingerprint density at radius 2 is 0.913 bits per heavy atom. The summed E-state index contributed by atoms with van der Waals surface area (Å²) >= 11 is 0. The predicted octanol–water partition coefficient (Wildman–Crippen LogP) is 4.20. The number of nitrogens with zero attached hydrogens (tertiary/aromatic N) is 3. The van der Waals surface area contributed by atoms with E-state index in [2.05, 4.69) is 9.80 Å². The normalized spacial score (nSPS) is 10.3. The van der Waals surface area contributed by atoms with Crippen molar-refractivity contribution in [1.29, 1.82) is 0 Å². The molecule has 1 radical (unpaired) electrons. The van der Waals surface area contributed by atoms with Gasteiger partial charge in [-0.2, -0.15) is 0 Å². The van der Waals surface area contributed by atoms with Gasteiger partial charge < -0.3 is 0 Å². The van der Waals surface area contributed by atoms with E-state index < -0.39 is 7.41 Å². The molecule has 0 amide bonds. The summed E-state index contributed by atoms with van der Waals surface area (Å²) < 4.78 is 0. The molecule has 0 aromatic heterocycles. The third kappa shape index (κ3) is 3.40. The van der Waals surface area contributed by atoms with Gasteiger partial charge in [0.05, 0.1) is 4.88 Å². The van der Waals surface area contributed by atoms with Crippen LogP contribution in [-0.4, -0.2) is 0 Å². The second-order valence-corrected chi connectivity index (χ2v) is 7.82. The molecule has 23 heavy (non-hydrogen) atoms. The molecule has 5 heteroatoms. The van der Waals surface area contributed by atoms with Gasteiger partial charge >= 0.3 is 0 Å². The van der Waals surface area contributed by atoms with E-state index >= 15 is 0 Å². The van der Waals surface area contributed by atoms with Gasteiger partial charge in [-0.1, -0.05) is 54.6 Å². The van der Waals surface area contributed by atoms with Crippen molar-refractivity contribution in [3.05, 3.63) is 101 Å². The molecule has 0 atom stereocenters. The second kappa shape index (κ2) is 8.12. The standard InChI is InChI=1S/C18H15N3P.Au/c19-20-21-22(16-10-4-1-5-11-16,17-12-6-2-7-13-17)18-14-8-3-9-15-18;/h1-15H;/q+1;. The first-order chi connectivity index (χ1) is 10.9. The van der Waals surface area contributed by atoms with Gasteiger partial charge in [-0.3, -0.25) is 0 Å². The summed E-state index contributed by atoms with van der Waals surface area (Å²) in [6, 6.07) is 30.1. The van der Waals surface area contributed by atoms with Gasteiger partial charge in [-0.05, 0) is 41.9 Å². The minimum absolute atomic E-state index is 0. The molecular formula is C18H15AuN3P+. The Morgan fingerprint density at radius 3 is 1.17 bits per heavy atom. The van der Waals surface area contributed by atoms with Crippen LogP contribution in [0.5, 0.6) is 0 Å². The van der Waals surface area contributed by atoms with Crippen LogP contribution in [0, 0.1) is 0 Å². The first kappa shape index (κ1) is 17.5. The smallest absolute Gasteiger partial charge is 0.0620 e. The molecule has 0 aliphatic heterocycles. The first-order valence-corrected chi connectivity index (χ1v) is 8.74. The predicted molar refractivity (Wildman–Crippen MR) is 94.3 cm³/mol. The van der Waals surface area contributed by atoms with Crippen molar-refractivity contribution in [2.45, 2.75) is 0 Å². The minimum atomic E-state index is -2.34. The maximum atomic E-state index is 9.27. The van der Waals surface area contributed by atoms with Gasteiger partial charge in [-0.15, -0.1) is 0 Å². The van der Waals surface area contributed by atoms with E-state index in [-0.39, 0.29) is 22.4 Å². The Hall–Kier alpha value is -1.86. The number of rotatable bonds is 4. The van der Waals surface area contributed by atoms with Crippen LogP contribution in [0.25, 0.3) is 10.4 Å². The van der Waals surface area contributed by atoms with E-state index in [4.69, 9.17) is 0 Å². The molecule has 3 nitrogen and oxygen atoms in total. The van der Waals surface area contributed by atoms with Gasteiger partial charge in [0.15, 0.2) is 0 Å². The fourth-order valence-corrected chi connectivity index (χ4v) is 5.73. The van der Waals surface area contributed by atoms with Crippen LogP contribution in [0.1, 0.15) is 0 Å². The summed E-state index contributed by atoms with van der Waals surface area (Å²) in [4.78, 5) is 7.57. The van der Waals surface area contributed by atoms with Gasteiger partial charge in [0, 0.05) is 27.3 Å². The zero-order valence-corrected chi connectivity index (χ0v) is 15.3. The molecule has 3 rings (SSSR count). The topological polar surface area (TPSA) is 48.8 Å². The zero-order valence-electron chi connectivity index (χ0n) is 12.3. The minimum Gasteiger partial charge on any atom is -0.0620 e. The van der Waals surface area contributed by atoms with Crippen LogP contribution in [0.4, 0.5) is 0 Å². The Kier molecular flexibility index (Phi) is 6.18. The van der Waals surface area contributed by atoms with Crippen LogP contribution >= 0.6 is 7.41 Å². The van der Waals surface area contributed by atoms with Crippen molar-refractivity contribution in [2.24, 2.45) is 4.88 Å². The summed E-state index contributed by atoms with van der Waals surface area (Å²) in [6.07, 6.45) is 0. The van der Waals surface area contributed by atoms with E-state index in [1.807, 2.05) is 91.0 Å². The number of hydrogen-bond donors (Lipinski definition) is 0. The summed E-state index contributed by atoms with van der Waals surface area (Å²) in [5, 5.41) is 3.18. The Balaban J connectivity index is 0.00000192. The Morgan fingerprint density at radius 1 is 0.609 bits per heavy atom. The summed E-state index contributed by atoms with van der Waals surface area (Å²) in [7, 11) is -2.34. The molecule has 0 N–H and O–H groups in total. The van der Waals surface area contributed by atoms with Crippen molar-refractivity contribution < 1.29 is 22.4 Å². The summed E-state index contributed by atoms with van der Waals surface area (Å²) in [5.41, 5.74) is 9.27. The third-order valence-electron chi connectivity index (χ3n) is 3.56. The molecule has 117 valence electrons. The van der Waals surface area contributed by atoms with Crippen LogP contribution in [0.3, 0.4) is 0 Å². The quantitative estimate of drug-likeness (QED) is 0.169. The molecular weight excluding hydrogens is 486 g/mol. The fraction of sp³-hybridized carbons (Fsp3) is 0. The average molecular weight is 501 g/mol. The Labute approximate surface area is 151 Å². The molecule has 3 aromatic rings. The molecule has 0 aliphatic rings. The molecule has 3 aromatic carbocycles. The van der Waals surface area contributed by atoms with Crippen molar-refractivity contribution in [2.75, 3.05) is 0 Å². The molecule has 0 aliphatic carbocycles. The van der Waals surface area contributed by atoms with Crippen molar-refractivity contribution in [3.8, 4) is 0 Å². The van der Waals surface area contributed by atoms with Crippen molar-refractivity contribution in [1.82, 2.24) is 0 Å². The maximum Gasteiger partial charge on any atom is 0.223 e. The molecule has 0 fully saturated rings. The maximum absolute atomic E-state index is 9.27. The average Bonchev–Trinajstić information content (AvgIpc) is 2.62. The summed E-state index contributed by atoms with van der Waals surface area (Å²) in [6.45, 7) is 0.